The van der Waals surface area contributed by atoms with Crippen LogP contribution in [0, 0.1) is 5.92 Å². The van der Waals surface area contributed by atoms with E-state index in [9.17, 15) is 4.79 Å². The van der Waals surface area contributed by atoms with Gasteiger partial charge in [0, 0.05) is 6.04 Å². The molecule has 0 heterocycles. The third-order valence-electron chi connectivity index (χ3n) is 3.54. The van der Waals surface area contributed by atoms with Crippen LogP contribution in [0.2, 0.25) is 0 Å². The Morgan fingerprint density at radius 3 is 2.85 bits per heavy atom. The number of rotatable bonds is 8. The third kappa shape index (κ3) is 4.85. The molecule has 1 saturated carbocycles. The van der Waals surface area contributed by atoms with Crippen LogP contribution < -0.4 is 15.4 Å². The van der Waals surface area contributed by atoms with Crippen molar-refractivity contribution in [3.63, 3.8) is 0 Å². The summed E-state index contributed by atoms with van der Waals surface area (Å²) in [4.78, 5) is 11.8. The molecule has 1 aliphatic rings. The topological polar surface area (TPSA) is 50.4 Å². The maximum atomic E-state index is 11.8. The molecule has 0 bridgehead atoms. The van der Waals surface area contributed by atoms with E-state index >= 15 is 0 Å². The Bertz CT molecular complexity index is 444. The van der Waals surface area contributed by atoms with Crippen LogP contribution in [0.3, 0.4) is 0 Å². The van der Waals surface area contributed by atoms with E-state index in [1.54, 1.807) is 7.11 Å². The minimum atomic E-state index is 0.0630. The second-order valence-corrected chi connectivity index (χ2v) is 5.56. The molecule has 110 valence electrons. The lowest BCUT2D eigenvalue weighted by molar-refractivity contribution is -0.120. The molecule has 0 aromatic heterocycles. The van der Waals surface area contributed by atoms with Crippen LogP contribution in [0.1, 0.15) is 25.3 Å². The number of carbonyl (C=O) groups is 1. The van der Waals surface area contributed by atoms with Gasteiger partial charge in [-0.1, -0.05) is 18.2 Å². The lowest BCUT2D eigenvalue weighted by atomic mass is 10.1. The highest BCUT2D eigenvalue weighted by atomic mass is 16.5. The van der Waals surface area contributed by atoms with Crippen molar-refractivity contribution in [3.8, 4) is 5.75 Å². The molecule has 1 unspecified atom stereocenters. The molecule has 1 fully saturated rings. The Kier molecular flexibility index (Phi) is 5.41. The maximum absolute atomic E-state index is 11.8. The van der Waals surface area contributed by atoms with Crippen LogP contribution in [0.4, 0.5) is 0 Å². The highest BCUT2D eigenvalue weighted by Crippen LogP contribution is 2.27. The Hall–Kier alpha value is -1.55. The van der Waals surface area contributed by atoms with E-state index in [0.29, 0.717) is 6.54 Å². The quantitative estimate of drug-likeness (QED) is 0.760. The molecule has 2 rings (SSSR count). The first kappa shape index (κ1) is 14.9. The number of hydrogen-bond acceptors (Lipinski definition) is 3. The highest BCUT2D eigenvalue weighted by molar-refractivity contribution is 5.78. The van der Waals surface area contributed by atoms with Gasteiger partial charge >= 0.3 is 0 Å². The SMILES string of the molecule is COc1ccccc1CC(C)NC(=O)CNCC1CC1. The first-order valence-electron chi connectivity index (χ1n) is 7.31. The van der Waals surface area contributed by atoms with Gasteiger partial charge in [-0.3, -0.25) is 4.79 Å². The number of ether oxygens (including phenoxy) is 1. The van der Waals surface area contributed by atoms with Gasteiger partial charge in [0.1, 0.15) is 5.75 Å². The van der Waals surface area contributed by atoms with Gasteiger partial charge in [0.15, 0.2) is 0 Å². The van der Waals surface area contributed by atoms with E-state index in [-0.39, 0.29) is 11.9 Å². The average Bonchev–Trinajstić information content (AvgIpc) is 3.23. The first-order valence-corrected chi connectivity index (χ1v) is 7.31. The summed E-state index contributed by atoms with van der Waals surface area (Å²) < 4.78 is 5.32. The predicted molar refractivity (Wildman–Crippen MR) is 79.9 cm³/mol. The smallest absolute Gasteiger partial charge is 0.234 e. The zero-order valence-electron chi connectivity index (χ0n) is 12.3. The Balaban J connectivity index is 1.72. The Morgan fingerprint density at radius 2 is 2.15 bits per heavy atom. The molecule has 0 spiro atoms. The van der Waals surface area contributed by atoms with Gasteiger partial charge in [-0.15, -0.1) is 0 Å². The molecular weight excluding hydrogens is 252 g/mol. The summed E-state index contributed by atoms with van der Waals surface area (Å²) in [6.07, 6.45) is 3.38. The maximum Gasteiger partial charge on any atom is 0.234 e. The average molecular weight is 276 g/mol. The monoisotopic (exact) mass is 276 g/mol. The van der Waals surface area contributed by atoms with Gasteiger partial charge in [-0.05, 0) is 50.3 Å². The van der Waals surface area contributed by atoms with Crippen LogP contribution in [0.5, 0.6) is 5.75 Å². The molecule has 0 saturated heterocycles. The standard InChI is InChI=1S/C16H24N2O2/c1-12(9-14-5-3-4-6-15(14)20-2)18-16(19)11-17-10-13-7-8-13/h3-6,12-13,17H,7-11H2,1-2H3,(H,18,19). The van der Waals surface area contributed by atoms with Gasteiger partial charge in [0.2, 0.25) is 5.91 Å². The number of methoxy groups -OCH3 is 1. The first-order chi connectivity index (χ1) is 9.69. The summed E-state index contributed by atoms with van der Waals surface area (Å²) in [5.74, 6) is 1.74. The largest absolute Gasteiger partial charge is 0.496 e. The molecule has 0 radical (unpaired) electrons. The van der Waals surface area contributed by atoms with E-state index in [2.05, 4.69) is 10.6 Å². The molecule has 4 heteroatoms. The van der Waals surface area contributed by atoms with E-state index in [4.69, 9.17) is 4.74 Å². The molecule has 4 nitrogen and oxygen atoms in total. The molecule has 1 amide bonds. The summed E-state index contributed by atoms with van der Waals surface area (Å²) >= 11 is 0. The van der Waals surface area contributed by atoms with Crippen molar-refractivity contribution in [2.24, 2.45) is 5.92 Å². The lowest BCUT2D eigenvalue weighted by Crippen LogP contribution is -2.40. The van der Waals surface area contributed by atoms with E-state index in [1.807, 2.05) is 31.2 Å². The molecule has 2 N–H and O–H groups in total. The van der Waals surface area contributed by atoms with Crippen molar-refractivity contribution in [3.05, 3.63) is 29.8 Å². The summed E-state index contributed by atoms with van der Waals surface area (Å²) in [6, 6.07) is 8.02. The van der Waals surface area contributed by atoms with E-state index in [0.717, 1.165) is 30.2 Å². The minimum absolute atomic E-state index is 0.0630. The number of para-hydroxylation sites is 1. The normalized spacial score (nSPS) is 15.7. The molecule has 1 aliphatic carbocycles. The molecule has 0 aliphatic heterocycles. The number of amides is 1. The second-order valence-electron chi connectivity index (χ2n) is 5.56. The van der Waals surface area contributed by atoms with Crippen molar-refractivity contribution >= 4 is 5.91 Å². The second kappa shape index (κ2) is 7.29. The number of benzene rings is 1. The van der Waals surface area contributed by atoms with Crippen molar-refractivity contribution in [2.45, 2.75) is 32.2 Å². The van der Waals surface area contributed by atoms with Crippen molar-refractivity contribution in [1.82, 2.24) is 10.6 Å². The van der Waals surface area contributed by atoms with Crippen LogP contribution in [-0.4, -0.2) is 32.1 Å². The highest BCUT2D eigenvalue weighted by Gasteiger charge is 2.20. The Labute approximate surface area is 120 Å². The molecule has 1 aromatic carbocycles. The summed E-state index contributed by atoms with van der Waals surface area (Å²) in [6.45, 7) is 3.40. The Morgan fingerprint density at radius 1 is 1.40 bits per heavy atom. The molecule has 1 atom stereocenters. The predicted octanol–water partition coefficient (Wildman–Crippen LogP) is 1.74. The zero-order chi connectivity index (χ0) is 14.4. The van der Waals surface area contributed by atoms with Crippen LogP contribution in [0.25, 0.3) is 0 Å². The molecule has 20 heavy (non-hydrogen) atoms. The van der Waals surface area contributed by atoms with Gasteiger partial charge in [-0.25, -0.2) is 0 Å². The lowest BCUT2D eigenvalue weighted by Gasteiger charge is -2.16. The van der Waals surface area contributed by atoms with Gasteiger partial charge < -0.3 is 15.4 Å². The fourth-order valence-corrected chi connectivity index (χ4v) is 2.29. The summed E-state index contributed by atoms with van der Waals surface area (Å²) in [5.41, 5.74) is 1.12. The fraction of sp³-hybridized carbons (Fsp3) is 0.562. The van der Waals surface area contributed by atoms with Crippen LogP contribution in [-0.2, 0) is 11.2 Å². The number of carbonyl (C=O) groups excluding carboxylic acids is 1. The fourth-order valence-electron chi connectivity index (χ4n) is 2.29. The van der Waals surface area contributed by atoms with Gasteiger partial charge in [0.05, 0.1) is 13.7 Å². The van der Waals surface area contributed by atoms with E-state index in [1.165, 1.54) is 12.8 Å². The van der Waals surface area contributed by atoms with E-state index < -0.39 is 0 Å². The number of nitrogens with one attached hydrogen (secondary N) is 2. The van der Waals surface area contributed by atoms with Crippen LogP contribution >= 0.6 is 0 Å². The summed E-state index contributed by atoms with van der Waals surface area (Å²) in [5, 5.41) is 6.22. The minimum Gasteiger partial charge on any atom is -0.496 e. The third-order valence-corrected chi connectivity index (χ3v) is 3.54. The summed E-state index contributed by atoms with van der Waals surface area (Å²) in [7, 11) is 1.67. The molecule has 1 aromatic rings. The van der Waals surface area contributed by atoms with Crippen molar-refractivity contribution in [2.75, 3.05) is 20.2 Å². The van der Waals surface area contributed by atoms with Gasteiger partial charge in [-0.2, -0.15) is 0 Å². The zero-order valence-corrected chi connectivity index (χ0v) is 12.3. The van der Waals surface area contributed by atoms with Crippen molar-refractivity contribution < 1.29 is 9.53 Å². The van der Waals surface area contributed by atoms with Crippen LogP contribution in [0.15, 0.2) is 24.3 Å². The van der Waals surface area contributed by atoms with Crippen molar-refractivity contribution in [1.29, 1.82) is 0 Å². The van der Waals surface area contributed by atoms with Gasteiger partial charge in [0.25, 0.3) is 0 Å². The number of hydrogen-bond donors (Lipinski definition) is 2. The molecular formula is C16H24N2O2.